The minimum Gasteiger partial charge on any atom is -0.480 e. The molecule has 0 fully saturated rings. The molecule has 8 heteroatoms. The van der Waals surface area contributed by atoms with E-state index in [0.29, 0.717) is 22.1 Å². The van der Waals surface area contributed by atoms with Gasteiger partial charge in [-0.1, -0.05) is 30.3 Å². The molecule has 4 aromatic rings. The van der Waals surface area contributed by atoms with Gasteiger partial charge in [-0.15, -0.1) is 0 Å². The van der Waals surface area contributed by atoms with Gasteiger partial charge in [0.25, 0.3) is 0 Å². The summed E-state index contributed by atoms with van der Waals surface area (Å²) in [7, 11) is -4.12. The van der Waals surface area contributed by atoms with Crippen molar-refractivity contribution in [1.29, 1.82) is 0 Å². The number of furan rings is 1. The average Bonchev–Trinajstić information content (AvgIpc) is 3.07. The Bertz CT molecular complexity index is 1310. The number of aliphatic carboxylic acids is 1. The van der Waals surface area contributed by atoms with Crippen LogP contribution in [-0.2, 0) is 21.2 Å². The van der Waals surface area contributed by atoms with E-state index >= 15 is 0 Å². The maximum atomic E-state index is 13.1. The van der Waals surface area contributed by atoms with Crippen LogP contribution >= 0.6 is 0 Å². The zero-order valence-electron chi connectivity index (χ0n) is 15.0. The predicted molar refractivity (Wildman–Crippen MR) is 106 cm³/mol. The van der Waals surface area contributed by atoms with Crippen molar-refractivity contribution in [2.24, 2.45) is 0 Å². The fraction of sp³-hybridized carbons (Fsp3) is 0.0952. The highest BCUT2D eigenvalue weighted by atomic mass is 32.2. The molecule has 29 heavy (non-hydrogen) atoms. The molecule has 0 aliphatic rings. The molecule has 1 aromatic heterocycles. The molecule has 0 unspecified atom stereocenters. The molecule has 148 valence electrons. The van der Waals surface area contributed by atoms with Crippen molar-refractivity contribution in [2.45, 2.75) is 17.4 Å². The molecule has 1 atom stereocenters. The molecule has 0 aliphatic carbocycles. The summed E-state index contributed by atoms with van der Waals surface area (Å²) in [4.78, 5) is 11.5. The lowest BCUT2D eigenvalue weighted by molar-refractivity contribution is -0.138. The minimum absolute atomic E-state index is 0.0677. The first kappa shape index (κ1) is 19.1. The van der Waals surface area contributed by atoms with E-state index in [2.05, 4.69) is 4.72 Å². The molecule has 0 spiro atoms. The Morgan fingerprint density at radius 1 is 1.00 bits per heavy atom. The Hall–Kier alpha value is -3.23. The first-order chi connectivity index (χ1) is 13.8. The van der Waals surface area contributed by atoms with E-state index < -0.39 is 27.9 Å². The smallest absolute Gasteiger partial charge is 0.322 e. The highest BCUT2D eigenvalue weighted by molar-refractivity contribution is 7.89. The first-order valence-corrected chi connectivity index (χ1v) is 10.2. The van der Waals surface area contributed by atoms with Crippen LogP contribution in [0.5, 0.6) is 0 Å². The Kier molecular flexibility index (Phi) is 4.81. The molecule has 0 bridgehead atoms. The fourth-order valence-electron chi connectivity index (χ4n) is 3.16. The van der Waals surface area contributed by atoms with Crippen molar-refractivity contribution in [3.05, 3.63) is 78.1 Å². The first-order valence-electron chi connectivity index (χ1n) is 8.74. The van der Waals surface area contributed by atoms with Crippen LogP contribution in [0.1, 0.15) is 5.56 Å². The van der Waals surface area contributed by atoms with Crippen LogP contribution < -0.4 is 4.72 Å². The highest BCUT2D eigenvalue weighted by Gasteiger charge is 2.26. The Balaban J connectivity index is 1.66. The number of halogens is 1. The summed E-state index contributed by atoms with van der Waals surface area (Å²) in [5.41, 5.74) is 1.66. The van der Waals surface area contributed by atoms with Crippen LogP contribution in [0.25, 0.3) is 21.9 Å². The zero-order chi connectivity index (χ0) is 20.6. The predicted octanol–water partition coefficient (Wildman–Crippen LogP) is 3.70. The van der Waals surface area contributed by atoms with Crippen LogP contribution in [0.4, 0.5) is 4.39 Å². The van der Waals surface area contributed by atoms with E-state index in [1.807, 2.05) is 18.2 Å². The molecule has 0 saturated carbocycles. The van der Waals surface area contributed by atoms with Crippen molar-refractivity contribution in [2.75, 3.05) is 0 Å². The number of fused-ring (bicyclic) bond motifs is 3. The quantitative estimate of drug-likeness (QED) is 0.502. The summed E-state index contributed by atoms with van der Waals surface area (Å²) in [6.45, 7) is 0. The lowest BCUT2D eigenvalue weighted by Gasteiger charge is -2.15. The Morgan fingerprint density at radius 2 is 1.69 bits per heavy atom. The van der Waals surface area contributed by atoms with E-state index in [1.54, 1.807) is 12.1 Å². The van der Waals surface area contributed by atoms with Gasteiger partial charge in [-0.05, 0) is 48.4 Å². The topological polar surface area (TPSA) is 96.6 Å². The monoisotopic (exact) mass is 413 g/mol. The molecule has 3 aromatic carbocycles. The van der Waals surface area contributed by atoms with Gasteiger partial charge in [0.15, 0.2) is 0 Å². The number of hydrogen-bond donors (Lipinski definition) is 2. The summed E-state index contributed by atoms with van der Waals surface area (Å²) in [6.07, 6.45) is -0.119. The number of rotatable bonds is 6. The van der Waals surface area contributed by atoms with Gasteiger partial charge in [-0.25, -0.2) is 12.8 Å². The summed E-state index contributed by atoms with van der Waals surface area (Å²) >= 11 is 0. The highest BCUT2D eigenvalue weighted by Crippen LogP contribution is 2.30. The second-order valence-corrected chi connectivity index (χ2v) is 8.31. The summed E-state index contributed by atoms with van der Waals surface area (Å²) in [5, 5.41) is 10.8. The summed E-state index contributed by atoms with van der Waals surface area (Å²) < 4.78 is 46.6. The largest absolute Gasteiger partial charge is 0.480 e. The van der Waals surface area contributed by atoms with Crippen LogP contribution in [-0.4, -0.2) is 25.5 Å². The average molecular weight is 413 g/mol. The molecule has 0 amide bonds. The maximum absolute atomic E-state index is 13.1. The van der Waals surface area contributed by atoms with E-state index in [0.717, 1.165) is 5.39 Å². The number of hydrogen-bond acceptors (Lipinski definition) is 4. The standard InChI is InChI=1S/C21H16FNO5S/c22-14-7-5-13(6-8-14)11-18(21(24)25)23-29(26,27)15-9-10-20-17(12-15)16-3-1-2-4-19(16)28-20/h1-10,12,18,23H,11H2,(H,24,25)/t18-/m1/s1. The number of sulfonamides is 1. The van der Waals surface area contributed by atoms with Gasteiger partial charge in [0, 0.05) is 10.8 Å². The van der Waals surface area contributed by atoms with Crippen molar-refractivity contribution in [3.63, 3.8) is 0 Å². The normalized spacial score (nSPS) is 13.0. The van der Waals surface area contributed by atoms with E-state index in [9.17, 15) is 22.7 Å². The van der Waals surface area contributed by atoms with E-state index in [-0.39, 0.29) is 11.3 Å². The molecular weight excluding hydrogens is 397 g/mol. The van der Waals surface area contributed by atoms with Gasteiger partial charge in [0.1, 0.15) is 23.0 Å². The summed E-state index contributed by atoms with van der Waals surface area (Å²) in [5.74, 6) is -1.78. The summed E-state index contributed by atoms with van der Waals surface area (Å²) in [6, 6.07) is 15.4. The number of carboxylic acid groups (broad SMARTS) is 1. The van der Waals surface area contributed by atoms with Gasteiger partial charge in [0.2, 0.25) is 10.0 Å². The van der Waals surface area contributed by atoms with Gasteiger partial charge in [-0.2, -0.15) is 4.72 Å². The van der Waals surface area contributed by atoms with Crippen molar-refractivity contribution >= 4 is 37.9 Å². The third-order valence-corrected chi connectivity index (χ3v) is 6.08. The zero-order valence-corrected chi connectivity index (χ0v) is 15.8. The third-order valence-electron chi connectivity index (χ3n) is 4.61. The number of benzene rings is 3. The molecule has 4 rings (SSSR count). The second kappa shape index (κ2) is 7.31. The molecule has 0 saturated heterocycles. The lowest BCUT2D eigenvalue weighted by Crippen LogP contribution is -2.42. The lowest BCUT2D eigenvalue weighted by atomic mass is 10.1. The van der Waals surface area contributed by atoms with E-state index in [1.165, 1.54) is 36.4 Å². The molecular formula is C21H16FNO5S. The number of nitrogens with one attached hydrogen (secondary N) is 1. The number of carboxylic acids is 1. The van der Waals surface area contributed by atoms with Gasteiger partial charge < -0.3 is 9.52 Å². The van der Waals surface area contributed by atoms with Gasteiger partial charge in [-0.3, -0.25) is 4.79 Å². The number of para-hydroxylation sites is 1. The van der Waals surface area contributed by atoms with E-state index in [4.69, 9.17) is 4.42 Å². The fourth-order valence-corrected chi connectivity index (χ4v) is 4.38. The van der Waals surface area contributed by atoms with Crippen molar-refractivity contribution in [1.82, 2.24) is 4.72 Å². The van der Waals surface area contributed by atoms with Crippen LogP contribution in [0.15, 0.2) is 76.0 Å². The Morgan fingerprint density at radius 3 is 2.41 bits per heavy atom. The van der Waals surface area contributed by atoms with Crippen molar-refractivity contribution < 1.29 is 27.1 Å². The van der Waals surface area contributed by atoms with Crippen LogP contribution in [0.3, 0.4) is 0 Å². The second-order valence-electron chi connectivity index (χ2n) is 6.60. The minimum atomic E-state index is -4.12. The SMILES string of the molecule is O=C(O)[C@@H](Cc1ccc(F)cc1)NS(=O)(=O)c1ccc2oc3ccccc3c2c1. The molecule has 2 N–H and O–H groups in total. The van der Waals surface area contributed by atoms with Crippen molar-refractivity contribution in [3.8, 4) is 0 Å². The van der Waals surface area contributed by atoms with Crippen LogP contribution in [0.2, 0.25) is 0 Å². The Labute approximate surface area is 165 Å². The molecule has 0 aliphatic heterocycles. The van der Waals surface area contributed by atoms with Gasteiger partial charge in [0.05, 0.1) is 4.90 Å². The maximum Gasteiger partial charge on any atom is 0.322 e. The molecule has 1 heterocycles. The van der Waals surface area contributed by atoms with Crippen LogP contribution in [0, 0.1) is 5.82 Å². The molecule has 6 nitrogen and oxygen atoms in total. The van der Waals surface area contributed by atoms with Gasteiger partial charge >= 0.3 is 5.97 Å². The number of carbonyl (C=O) groups is 1. The third kappa shape index (κ3) is 3.85. The molecule has 0 radical (unpaired) electrons.